The quantitative estimate of drug-likeness (QED) is 0.214. The van der Waals surface area contributed by atoms with Crippen LogP contribution in [-0.2, 0) is 11.5 Å². The van der Waals surface area contributed by atoms with Gasteiger partial charge in [0.2, 0.25) is 0 Å². The van der Waals surface area contributed by atoms with Gasteiger partial charge in [-0.3, -0.25) is 9.79 Å². The van der Waals surface area contributed by atoms with E-state index in [1.807, 2.05) is 18.2 Å². The van der Waals surface area contributed by atoms with Gasteiger partial charge < -0.3 is 16.2 Å². The van der Waals surface area contributed by atoms with Gasteiger partial charge in [-0.25, -0.2) is 9.97 Å². The van der Waals surface area contributed by atoms with E-state index in [2.05, 4.69) is 40.2 Å². The van der Waals surface area contributed by atoms with Gasteiger partial charge in [-0.2, -0.15) is 25.3 Å². The number of benzene rings is 1. The first kappa shape index (κ1) is 23.4. The average Bonchev–Trinajstić information content (AvgIpc) is 2.64. The molecule has 0 unspecified atom stereocenters. The molecule has 1 aromatic heterocycles. The van der Waals surface area contributed by atoms with Gasteiger partial charge in [-0.1, -0.05) is 17.7 Å². The number of rotatable bonds is 8. The molecule has 1 heterocycles. The molecule has 0 fully saturated rings. The fourth-order valence-electron chi connectivity index (χ4n) is 2.12. The molecule has 4 N–H and O–H groups in total. The third kappa shape index (κ3) is 6.46. The SMILES string of the molecule is Cl.NC(=O)c1nc(Cl)cnc1C(N)=NCCOc1ccc(CS)c(CS)c1. The summed E-state index contributed by atoms with van der Waals surface area (Å²) in [4.78, 5) is 23.4. The maximum Gasteiger partial charge on any atom is 0.269 e. The van der Waals surface area contributed by atoms with E-state index in [0.717, 1.165) is 11.1 Å². The van der Waals surface area contributed by atoms with E-state index < -0.39 is 5.91 Å². The fraction of sp³-hybridized carbons (Fsp3) is 0.250. The first-order valence-electron chi connectivity index (χ1n) is 7.55. The lowest BCUT2D eigenvalue weighted by Gasteiger charge is -2.10. The van der Waals surface area contributed by atoms with Crippen LogP contribution in [0, 0.1) is 0 Å². The Morgan fingerprint density at radius 3 is 2.52 bits per heavy atom. The van der Waals surface area contributed by atoms with Gasteiger partial charge in [0.1, 0.15) is 29.0 Å². The van der Waals surface area contributed by atoms with Crippen molar-refractivity contribution in [1.29, 1.82) is 0 Å². The molecule has 146 valence electrons. The third-order valence-electron chi connectivity index (χ3n) is 3.38. The summed E-state index contributed by atoms with van der Waals surface area (Å²) in [6.45, 7) is 0.554. The smallest absolute Gasteiger partial charge is 0.269 e. The maximum atomic E-state index is 11.4. The van der Waals surface area contributed by atoms with E-state index in [0.29, 0.717) is 23.9 Å². The van der Waals surface area contributed by atoms with Crippen LogP contribution in [0.3, 0.4) is 0 Å². The standard InChI is InChI=1S/C16H18ClN5O2S2.ClH/c17-12-6-21-13(14(22-12)16(19)23)15(18)20-3-4-24-11-2-1-9(7-25)10(5-11)8-26;/h1-2,5-6,25-26H,3-4,7-8H2,(H2,18,20)(H2,19,23);1H. The number of hydrogen-bond acceptors (Lipinski definition) is 7. The molecular formula is C16H19Cl2N5O2S2. The number of nitrogens with zero attached hydrogens (tertiary/aromatic N) is 3. The lowest BCUT2D eigenvalue weighted by molar-refractivity contribution is 0.0995. The fourth-order valence-corrected chi connectivity index (χ4v) is 2.86. The first-order valence-corrected chi connectivity index (χ1v) is 9.19. The highest BCUT2D eigenvalue weighted by Gasteiger charge is 2.15. The molecule has 1 aromatic carbocycles. The molecule has 0 aliphatic heterocycles. The Bertz CT molecular complexity index is 836. The highest BCUT2D eigenvalue weighted by Crippen LogP contribution is 2.21. The van der Waals surface area contributed by atoms with Gasteiger partial charge >= 0.3 is 0 Å². The molecule has 27 heavy (non-hydrogen) atoms. The zero-order valence-corrected chi connectivity index (χ0v) is 17.5. The largest absolute Gasteiger partial charge is 0.492 e. The van der Waals surface area contributed by atoms with Crippen molar-refractivity contribution in [3.05, 3.63) is 52.1 Å². The molecule has 0 saturated heterocycles. The van der Waals surface area contributed by atoms with Gasteiger partial charge in [0.05, 0.1) is 12.7 Å². The van der Waals surface area contributed by atoms with Crippen molar-refractivity contribution in [2.45, 2.75) is 11.5 Å². The van der Waals surface area contributed by atoms with Crippen molar-refractivity contribution in [2.75, 3.05) is 13.2 Å². The number of amides is 1. The van der Waals surface area contributed by atoms with Gasteiger partial charge in [0, 0.05) is 11.5 Å². The highest BCUT2D eigenvalue weighted by molar-refractivity contribution is 7.79. The van der Waals surface area contributed by atoms with Crippen molar-refractivity contribution >= 4 is 61.0 Å². The average molecular weight is 448 g/mol. The Kier molecular flexibility index (Phi) is 9.71. The Hall–Kier alpha value is -1.68. The summed E-state index contributed by atoms with van der Waals surface area (Å²) in [5.74, 6) is 1.20. The number of carbonyl (C=O) groups excluding carboxylic acids is 1. The van der Waals surface area contributed by atoms with Gasteiger partial charge in [-0.05, 0) is 23.3 Å². The number of amidine groups is 1. The van der Waals surface area contributed by atoms with Crippen molar-refractivity contribution < 1.29 is 9.53 Å². The minimum Gasteiger partial charge on any atom is -0.492 e. The molecule has 0 bridgehead atoms. The number of primary amides is 1. The predicted octanol–water partition coefficient (Wildman–Crippen LogP) is 2.29. The monoisotopic (exact) mass is 447 g/mol. The van der Waals surface area contributed by atoms with Crippen molar-refractivity contribution in [3.63, 3.8) is 0 Å². The van der Waals surface area contributed by atoms with Crippen LogP contribution in [0.25, 0.3) is 0 Å². The lowest BCUT2D eigenvalue weighted by Crippen LogP contribution is -2.25. The van der Waals surface area contributed by atoms with Crippen LogP contribution in [-0.4, -0.2) is 34.9 Å². The number of ether oxygens (including phenoxy) is 1. The topological polar surface area (TPSA) is 116 Å². The summed E-state index contributed by atoms with van der Waals surface area (Å²) in [5.41, 5.74) is 13.3. The van der Waals surface area contributed by atoms with Crippen LogP contribution in [0.5, 0.6) is 5.75 Å². The molecule has 0 saturated carbocycles. The maximum absolute atomic E-state index is 11.4. The molecule has 1 amide bonds. The molecule has 2 aromatic rings. The molecule has 0 atom stereocenters. The zero-order chi connectivity index (χ0) is 19.1. The first-order chi connectivity index (χ1) is 12.5. The third-order valence-corrected chi connectivity index (χ3v) is 4.24. The summed E-state index contributed by atoms with van der Waals surface area (Å²) < 4.78 is 5.66. The predicted molar refractivity (Wildman–Crippen MR) is 116 cm³/mol. The van der Waals surface area contributed by atoms with Gasteiger partial charge in [-0.15, -0.1) is 12.4 Å². The Labute approximate surface area is 179 Å². The summed E-state index contributed by atoms with van der Waals surface area (Å²) in [6.07, 6.45) is 1.27. The van der Waals surface area contributed by atoms with Crippen LogP contribution >= 0.6 is 49.3 Å². The minimum absolute atomic E-state index is 0. The summed E-state index contributed by atoms with van der Waals surface area (Å²) in [5, 5.41) is 0.0448. The summed E-state index contributed by atoms with van der Waals surface area (Å²) >= 11 is 14.3. The van der Waals surface area contributed by atoms with E-state index >= 15 is 0 Å². The number of nitrogens with two attached hydrogens (primary N) is 2. The second-order valence-corrected chi connectivity index (χ2v) is 6.14. The van der Waals surface area contributed by atoms with Crippen LogP contribution < -0.4 is 16.2 Å². The van der Waals surface area contributed by atoms with Crippen LogP contribution in [0.4, 0.5) is 0 Å². The zero-order valence-electron chi connectivity index (χ0n) is 14.1. The number of thiol groups is 2. The van der Waals surface area contributed by atoms with E-state index in [9.17, 15) is 4.79 Å². The summed E-state index contributed by atoms with van der Waals surface area (Å²) in [7, 11) is 0. The van der Waals surface area contributed by atoms with E-state index in [1.54, 1.807) is 0 Å². The molecule has 11 heteroatoms. The molecule has 0 spiro atoms. The Morgan fingerprint density at radius 1 is 1.19 bits per heavy atom. The molecule has 0 radical (unpaired) electrons. The molecular weight excluding hydrogens is 429 g/mol. The lowest BCUT2D eigenvalue weighted by atomic mass is 10.1. The normalized spacial score (nSPS) is 11.0. The second-order valence-electron chi connectivity index (χ2n) is 5.12. The van der Waals surface area contributed by atoms with E-state index in [1.165, 1.54) is 6.20 Å². The number of aliphatic imine (C=N–C) groups is 1. The van der Waals surface area contributed by atoms with Crippen LogP contribution in [0.15, 0.2) is 29.4 Å². The van der Waals surface area contributed by atoms with E-state index in [-0.39, 0.29) is 41.3 Å². The van der Waals surface area contributed by atoms with E-state index in [4.69, 9.17) is 27.8 Å². The van der Waals surface area contributed by atoms with Crippen molar-refractivity contribution in [3.8, 4) is 5.75 Å². The number of aromatic nitrogens is 2. The van der Waals surface area contributed by atoms with Gasteiger partial charge in [0.15, 0.2) is 5.69 Å². The molecule has 0 aliphatic rings. The molecule has 2 rings (SSSR count). The van der Waals surface area contributed by atoms with Crippen LogP contribution in [0.2, 0.25) is 5.15 Å². The second kappa shape index (κ2) is 11.2. The van der Waals surface area contributed by atoms with Gasteiger partial charge in [0.25, 0.3) is 5.91 Å². The number of hydrogen-bond donors (Lipinski definition) is 4. The number of carbonyl (C=O) groups is 1. The summed E-state index contributed by atoms with van der Waals surface area (Å²) in [6, 6.07) is 5.73. The highest BCUT2D eigenvalue weighted by atomic mass is 35.5. The Balaban J connectivity index is 0.00000364. The molecule has 0 aliphatic carbocycles. The van der Waals surface area contributed by atoms with Crippen molar-refractivity contribution in [1.82, 2.24) is 9.97 Å². The number of halogens is 2. The van der Waals surface area contributed by atoms with Crippen molar-refractivity contribution in [2.24, 2.45) is 16.5 Å². The minimum atomic E-state index is -0.784. The Morgan fingerprint density at radius 2 is 1.89 bits per heavy atom. The molecule has 7 nitrogen and oxygen atoms in total. The van der Waals surface area contributed by atoms with Crippen LogP contribution in [0.1, 0.15) is 27.3 Å².